The van der Waals surface area contributed by atoms with E-state index in [1.54, 1.807) is 0 Å². The van der Waals surface area contributed by atoms with E-state index in [1.807, 2.05) is 18.3 Å². The van der Waals surface area contributed by atoms with Crippen LogP contribution in [0.4, 0.5) is 0 Å². The van der Waals surface area contributed by atoms with E-state index in [0.717, 1.165) is 18.4 Å². The van der Waals surface area contributed by atoms with E-state index in [0.29, 0.717) is 13.0 Å². The van der Waals surface area contributed by atoms with Gasteiger partial charge in [0.15, 0.2) is 0 Å². The number of benzene rings is 1. The van der Waals surface area contributed by atoms with Crippen molar-refractivity contribution in [3.05, 3.63) is 36.5 Å². The van der Waals surface area contributed by atoms with Crippen LogP contribution in [0.25, 0.3) is 10.9 Å². The van der Waals surface area contributed by atoms with Crippen LogP contribution in [-0.4, -0.2) is 27.6 Å². The van der Waals surface area contributed by atoms with Crippen LogP contribution in [-0.2, 0) is 16.1 Å². The summed E-state index contributed by atoms with van der Waals surface area (Å²) in [5.74, 6) is -0.498. The van der Waals surface area contributed by atoms with Gasteiger partial charge >= 0.3 is 5.97 Å². The van der Waals surface area contributed by atoms with Crippen LogP contribution >= 0.6 is 0 Å². The second kappa shape index (κ2) is 6.22. The Morgan fingerprint density at radius 2 is 2.00 bits per heavy atom. The van der Waals surface area contributed by atoms with Crippen LogP contribution in [0.5, 0.6) is 0 Å². The highest BCUT2D eigenvalue weighted by atomic mass is 16.4. The van der Waals surface area contributed by atoms with Crippen molar-refractivity contribution in [2.75, 3.05) is 0 Å². The topological polar surface area (TPSA) is 71.3 Å². The third kappa shape index (κ3) is 3.30. The number of carbonyl (C=O) groups excluding carboxylic acids is 1. The van der Waals surface area contributed by atoms with Crippen molar-refractivity contribution in [1.29, 1.82) is 0 Å². The minimum Gasteiger partial charge on any atom is -0.481 e. The number of aromatic nitrogens is 1. The molecule has 1 aromatic carbocycles. The molecule has 1 fully saturated rings. The maximum atomic E-state index is 12.0. The van der Waals surface area contributed by atoms with Crippen LogP contribution in [0.1, 0.15) is 25.7 Å². The number of carboxylic acid groups (broad SMARTS) is 1. The summed E-state index contributed by atoms with van der Waals surface area (Å²) in [4.78, 5) is 22.5. The maximum Gasteiger partial charge on any atom is 0.303 e. The fraction of sp³-hybridized carbons (Fsp3) is 0.412. The maximum absolute atomic E-state index is 12.0. The molecule has 1 amide bonds. The van der Waals surface area contributed by atoms with E-state index < -0.39 is 5.97 Å². The Morgan fingerprint density at radius 3 is 2.77 bits per heavy atom. The number of hydrogen-bond donors (Lipinski definition) is 2. The molecule has 0 spiro atoms. The number of fused-ring (bicyclic) bond motifs is 1. The fourth-order valence-corrected chi connectivity index (χ4v) is 3.12. The smallest absolute Gasteiger partial charge is 0.303 e. The molecule has 1 saturated carbocycles. The van der Waals surface area contributed by atoms with Gasteiger partial charge in [-0.05, 0) is 36.3 Å². The molecule has 1 aromatic heterocycles. The zero-order chi connectivity index (χ0) is 15.5. The van der Waals surface area contributed by atoms with Gasteiger partial charge in [-0.1, -0.05) is 18.2 Å². The highest BCUT2D eigenvalue weighted by Gasteiger charge is 2.31. The SMILES string of the molecule is O=C(O)CC1CC(NC(=O)CCn2ccc3ccccc32)C1. The summed E-state index contributed by atoms with van der Waals surface area (Å²) in [6.07, 6.45) is 4.22. The lowest BCUT2D eigenvalue weighted by Crippen LogP contribution is -2.45. The molecule has 0 aliphatic heterocycles. The van der Waals surface area contributed by atoms with Gasteiger partial charge in [-0.3, -0.25) is 9.59 Å². The highest BCUT2D eigenvalue weighted by Crippen LogP contribution is 2.30. The van der Waals surface area contributed by atoms with E-state index in [1.165, 1.54) is 5.39 Å². The number of aliphatic carboxylic acids is 1. The number of amides is 1. The summed E-state index contributed by atoms with van der Waals surface area (Å²) in [7, 11) is 0. The number of carbonyl (C=O) groups is 2. The molecule has 0 unspecified atom stereocenters. The quantitative estimate of drug-likeness (QED) is 0.860. The standard InChI is InChI=1S/C17H20N2O3/c20-16(18-14-9-12(10-14)11-17(21)22)6-8-19-7-5-13-3-1-2-4-15(13)19/h1-5,7,12,14H,6,8-11H2,(H,18,20)(H,21,22). The molecule has 5 nitrogen and oxygen atoms in total. The van der Waals surface area contributed by atoms with Crippen molar-refractivity contribution in [3.63, 3.8) is 0 Å². The van der Waals surface area contributed by atoms with Crippen molar-refractivity contribution in [3.8, 4) is 0 Å². The molecule has 0 bridgehead atoms. The van der Waals surface area contributed by atoms with Gasteiger partial charge in [0.25, 0.3) is 0 Å². The Labute approximate surface area is 128 Å². The predicted octanol–water partition coefficient (Wildman–Crippen LogP) is 2.40. The first-order valence-electron chi connectivity index (χ1n) is 7.67. The Kier molecular flexibility index (Phi) is 4.13. The minimum absolute atomic E-state index is 0.0385. The third-order valence-corrected chi connectivity index (χ3v) is 4.32. The van der Waals surface area contributed by atoms with Crippen molar-refractivity contribution >= 4 is 22.8 Å². The zero-order valence-electron chi connectivity index (χ0n) is 12.4. The van der Waals surface area contributed by atoms with Gasteiger partial charge in [0.2, 0.25) is 5.91 Å². The van der Waals surface area contributed by atoms with Gasteiger partial charge in [-0.2, -0.15) is 0 Å². The molecule has 1 heterocycles. The number of rotatable bonds is 6. The van der Waals surface area contributed by atoms with Crippen LogP contribution in [0.3, 0.4) is 0 Å². The van der Waals surface area contributed by atoms with Crippen molar-refractivity contribution in [2.24, 2.45) is 5.92 Å². The van der Waals surface area contributed by atoms with E-state index in [9.17, 15) is 9.59 Å². The lowest BCUT2D eigenvalue weighted by atomic mass is 9.78. The van der Waals surface area contributed by atoms with Gasteiger partial charge in [-0.25, -0.2) is 0 Å². The van der Waals surface area contributed by atoms with Gasteiger partial charge in [-0.15, -0.1) is 0 Å². The first-order valence-corrected chi connectivity index (χ1v) is 7.67. The molecule has 1 aliphatic rings. The number of nitrogens with one attached hydrogen (secondary N) is 1. The first-order chi connectivity index (χ1) is 10.6. The molecule has 22 heavy (non-hydrogen) atoms. The summed E-state index contributed by atoms with van der Waals surface area (Å²) in [5.41, 5.74) is 1.14. The van der Waals surface area contributed by atoms with Crippen molar-refractivity contribution < 1.29 is 14.7 Å². The van der Waals surface area contributed by atoms with E-state index in [4.69, 9.17) is 5.11 Å². The fourth-order valence-electron chi connectivity index (χ4n) is 3.12. The van der Waals surface area contributed by atoms with Gasteiger partial charge in [0.1, 0.15) is 0 Å². The summed E-state index contributed by atoms with van der Waals surface area (Å²) < 4.78 is 2.09. The molecular weight excluding hydrogens is 280 g/mol. The molecule has 116 valence electrons. The van der Waals surface area contributed by atoms with E-state index >= 15 is 0 Å². The van der Waals surface area contributed by atoms with E-state index in [2.05, 4.69) is 28.1 Å². The van der Waals surface area contributed by atoms with Gasteiger partial charge in [0.05, 0.1) is 0 Å². The Morgan fingerprint density at radius 1 is 1.23 bits per heavy atom. The van der Waals surface area contributed by atoms with Crippen LogP contribution in [0, 0.1) is 5.92 Å². The second-order valence-corrected chi connectivity index (χ2v) is 6.02. The molecule has 0 saturated heterocycles. The lowest BCUT2D eigenvalue weighted by Gasteiger charge is -2.34. The van der Waals surface area contributed by atoms with Crippen molar-refractivity contribution in [1.82, 2.24) is 9.88 Å². The Bertz CT molecular complexity index is 686. The molecular formula is C17H20N2O3. The summed E-state index contributed by atoms with van der Waals surface area (Å²) in [6, 6.07) is 10.3. The monoisotopic (exact) mass is 300 g/mol. The van der Waals surface area contributed by atoms with Crippen molar-refractivity contribution in [2.45, 2.75) is 38.3 Å². The third-order valence-electron chi connectivity index (χ3n) is 4.32. The second-order valence-electron chi connectivity index (χ2n) is 6.02. The van der Waals surface area contributed by atoms with E-state index in [-0.39, 0.29) is 24.3 Å². The molecule has 2 aromatic rings. The summed E-state index contributed by atoms with van der Waals surface area (Å²) in [5, 5.41) is 12.9. The average Bonchev–Trinajstić information content (AvgIpc) is 2.85. The predicted molar refractivity (Wildman–Crippen MR) is 83.5 cm³/mol. The number of aryl methyl sites for hydroxylation is 1. The van der Waals surface area contributed by atoms with Crippen LogP contribution in [0.2, 0.25) is 0 Å². The van der Waals surface area contributed by atoms with Crippen LogP contribution < -0.4 is 5.32 Å². The number of hydrogen-bond acceptors (Lipinski definition) is 2. The summed E-state index contributed by atoms with van der Waals surface area (Å²) in [6.45, 7) is 0.657. The summed E-state index contributed by atoms with van der Waals surface area (Å²) >= 11 is 0. The Hall–Kier alpha value is -2.30. The minimum atomic E-state index is -0.755. The Balaban J connectivity index is 1.44. The number of para-hydroxylation sites is 1. The zero-order valence-corrected chi connectivity index (χ0v) is 12.4. The molecule has 2 N–H and O–H groups in total. The van der Waals surface area contributed by atoms with Gasteiger partial charge in [0, 0.05) is 37.1 Å². The molecule has 1 aliphatic carbocycles. The average molecular weight is 300 g/mol. The molecule has 0 radical (unpaired) electrons. The molecule has 3 rings (SSSR count). The molecule has 5 heteroatoms. The lowest BCUT2D eigenvalue weighted by molar-refractivity contribution is -0.138. The van der Waals surface area contributed by atoms with Crippen LogP contribution in [0.15, 0.2) is 36.5 Å². The normalized spacial score (nSPS) is 20.5. The number of nitrogens with zero attached hydrogens (tertiary/aromatic N) is 1. The highest BCUT2D eigenvalue weighted by molar-refractivity contribution is 5.80. The van der Waals surface area contributed by atoms with Gasteiger partial charge < -0.3 is 15.0 Å². The largest absolute Gasteiger partial charge is 0.481 e. The number of carboxylic acids is 1. The first kappa shape index (κ1) is 14.6. The molecule has 0 atom stereocenters.